The van der Waals surface area contributed by atoms with Crippen LogP contribution >= 0.6 is 0 Å². The summed E-state index contributed by atoms with van der Waals surface area (Å²) < 4.78 is 39.6. The first-order valence-electron chi connectivity index (χ1n) is 29.6. The quantitative estimate of drug-likeness (QED) is 0.0851. The molecule has 4 saturated carbocycles. The molecule has 450 valence electrons. The molecule has 3 amide bonds. The van der Waals surface area contributed by atoms with Crippen LogP contribution in [0.15, 0.2) is 48.5 Å². The number of carbonyl (C=O) groups excluding carboxylic acids is 8. The number of hydrogen-bond donors (Lipinski definition) is 1. The highest BCUT2D eigenvalue weighted by atomic mass is 16.6. The van der Waals surface area contributed by atoms with Crippen LogP contribution in [0.5, 0.6) is 0 Å². The van der Waals surface area contributed by atoms with Crippen LogP contribution in [0, 0.1) is 23.7 Å². The molecule has 21 heteroatoms. The van der Waals surface area contributed by atoms with Crippen LogP contribution < -0.4 is 15.1 Å². The topological polar surface area (TPSA) is 229 Å². The monoisotopic (exact) mass is 1140 g/mol. The minimum Gasteiger partial charge on any atom is -0.466 e. The van der Waals surface area contributed by atoms with Gasteiger partial charge in [-0.05, 0) is 106 Å². The molecule has 6 aliphatic rings. The smallest absolute Gasteiger partial charge is 0.346 e. The molecular formula is C61H86N6O15. The first-order valence-corrected chi connectivity index (χ1v) is 29.6. The molecule has 0 spiro atoms. The number of hydrogen-bond acceptors (Lipinski definition) is 18. The molecule has 4 aliphatic carbocycles. The molecule has 8 atom stereocenters. The third-order valence-corrected chi connectivity index (χ3v) is 16.9. The van der Waals surface area contributed by atoms with Crippen LogP contribution in [0.3, 0.4) is 0 Å². The Morgan fingerprint density at radius 3 is 1.20 bits per heavy atom. The normalized spacial score (nSPS) is 20.1. The van der Waals surface area contributed by atoms with E-state index >= 15 is 0 Å². The number of morpholine rings is 2. The van der Waals surface area contributed by atoms with E-state index in [1.165, 1.54) is 56.8 Å². The van der Waals surface area contributed by atoms with E-state index in [1.54, 1.807) is 7.05 Å². The van der Waals surface area contributed by atoms with Crippen molar-refractivity contribution >= 4 is 58.9 Å². The van der Waals surface area contributed by atoms with Gasteiger partial charge in [-0.1, -0.05) is 75.6 Å². The molecule has 6 fully saturated rings. The van der Waals surface area contributed by atoms with Crippen LogP contribution in [-0.4, -0.2) is 199 Å². The molecule has 2 aromatic rings. The highest BCUT2D eigenvalue weighted by Gasteiger charge is 2.44. The van der Waals surface area contributed by atoms with Crippen molar-refractivity contribution in [2.45, 2.75) is 152 Å². The summed E-state index contributed by atoms with van der Waals surface area (Å²) in [7, 11) is 7.25. The van der Waals surface area contributed by atoms with Gasteiger partial charge in [0.15, 0.2) is 24.4 Å². The first-order chi connectivity index (χ1) is 39.4. The molecule has 2 aliphatic heterocycles. The van der Waals surface area contributed by atoms with E-state index in [1.807, 2.05) is 48.5 Å². The van der Waals surface area contributed by atoms with Crippen molar-refractivity contribution in [1.29, 1.82) is 0 Å². The number of ether oxygens (including phenoxy) is 7. The first kappa shape index (κ1) is 61.7. The van der Waals surface area contributed by atoms with Gasteiger partial charge in [-0.3, -0.25) is 19.2 Å². The van der Waals surface area contributed by atoms with Gasteiger partial charge >= 0.3 is 29.8 Å². The van der Waals surface area contributed by atoms with Crippen molar-refractivity contribution in [3.05, 3.63) is 59.7 Å². The molecule has 8 rings (SSSR count). The number of amides is 3. The summed E-state index contributed by atoms with van der Waals surface area (Å²) in [5.74, 6) is -5.04. The number of carbonyl (C=O) groups is 8. The fourth-order valence-electron chi connectivity index (χ4n) is 10.8. The Bertz CT molecular complexity index is 2520. The lowest BCUT2D eigenvalue weighted by Gasteiger charge is -2.34. The zero-order valence-electron chi connectivity index (χ0n) is 49.0. The van der Waals surface area contributed by atoms with E-state index in [4.69, 9.17) is 33.2 Å². The maximum absolute atomic E-state index is 14.8. The van der Waals surface area contributed by atoms with E-state index in [0.717, 1.165) is 81.4 Å². The van der Waals surface area contributed by atoms with Crippen molar-refractivity contribution in [1.82, 2.24) is 20.0 Å². The highest BCUT2D eigenvalue weighted by molar-refractivity contribution is 5.93. The second-order valence-corrected chi connectivity index (χ2v) is 23.4. The second-order valence-electron chi connectivity index (χ2n) is 23.4. The van der Waals surface area contributed by atoms with Gasteiger partial charge in [-0.15, -0.1) is 0 Å². The summed E-state index contributed by atoms with van der Waals surface area (Å²) in [6.07, 6.45) is 2.92. The molecular weight excluding hydrogens is 1060 g/mol. The third-order valence-electron chi connectivity index (χ3n) is 16.9. The molecule has 2 aromatic carbocycles. The van der Waals surface area contributed by atoms with Crippen LogP contribution in [0.25, 0.3) is 0 Å². The zero-order valence-corrected chi connectivity index (χ0v) is 49.0. The SMILES string of the molecule is CN[C@@H](CC1CC1)C(=O)O[C@H](Cc1ccc(N2CCOCC2)cc1)C(=O)N(C)[C@@H](CC1CC1)C(=O)O[C@H](C)C(=O)N(C)[C@@H](CC1CC1)C(=O)O[C@H](Cc1ccc(N2CCOCC2)cc1)C(=O)N(C)[C@@H](CC1CC1)C(=O)O[C@H](C)C(=O)OC. The predicted molar refractivity (Wildman–Crippen MR) is 301 cm³/mol. The zero-order chi connectivity index (χ0) is 58.6. The van der Waals surface area contributed by atoms with E-state index in [0.29, 0.717) is 57.4 Å². The number of nitrogens with zero attached hydrogens (tertiary/aromatic N) is 5. The van der Waals surface area contributed by atoms with E-state index in [-0.39, 0.29) is 49.9 Å². The summed E-state index contributed by atoms with van der Waals surface area (Å²) >= 11 is 0. The number of benzene rings is 2. The molecule has 2 saturated heterocycles. The predicted octanol–water partition coefficient (Wildman–Crippen LogP) is 4.27. The van der Waals surface area contributed by atoms with E-state index < -0.39 is 96.2 Å². The highest BCUT2D eigenvalue weighted by Crippen LogP contribution is 2.38. The van der Waals surface area contributed by atoms with Gasteiger partial charge in [0.25, 0.3) is 17.7 Å². The second kappa shape index (κ2) is 28.8. The minimum absolute atomic E-state index is 0.0510. The molecule has 21 nitrogen and oxygen atoms in total. The number of likely N-dealkylation sites (N-methyl/N-ethyl adjacent to an activating group) is 4. The molecule has 0 radical (unpaired) electrons. The van der Waals surface area contributed by atoms with E-state index in [2.05, 4.69) is 15.1 Å². The number of methoxy groups -OCH3 is 1. The van der Waals surface area contributed by atoms with Gasteiger partial charge in [0, 0.05) is 71.5 Å². The van der Waals surface area contributed by atoms with Crippen LogP contribution in [0.1, 0.15) is 102 Å². The minimum atomic E-state index is -1.46. The number of nitrogens with one attached hydrogen (secondary N) is 1. The van der Waals surface area contributed by atoms with Crippen LogP contribution in [0.4, 0.5) is 11.4 Å². The molecule has 0 unspecified atom stereocenters. The van der Waals surface area contributed by atoms with Gasteiger partial charge in [-0.2, -0.15) is 0 Å². The molecule has 82 heavy (non-hydrogen) atoms. The average molecular weight is 1140 g/mol. The average Bonchev–Trinajstić information content (AvgIpc) is 4.34. The lowest BCUT2D eigenvalue weighted by atomic mass is 10.0. The molecule has 0 aromatic heterocycles. The van der Waals surface area contributed by atoms with Crippen molar-refractivity contribution in [2.24, 2.45) is 23.7 Å². The number of esters is 5. The molecule has 0 bridgehead atoms. The Balaban J connectivity index is 0.979. The van der Waals surface area contributed by atoms with Crippen molar-refractivity contribution in [3.8, 4) is 0 Å². The summed E-state index contributed by atoms with van der Waals surface area (Å²) in [6, 6.07) is 11.3. The largest absolute Gasteiger partial charge is 0.466 e. The van der Waals surface area contributed by atoms with Gasteiger partial charge in [-0.25, -0.2) is 19.2 Å². The van der Waals surface area contributed by atoms with Crippen molar-refractivity contribution < 1.29 is 71.5 Å². The third kappa shape index (κ3) is 17.4. The fraction of sp³-hybridized carbons (Fsp3) is 0.672. The lowest BCUT2D eigenvalue weighted by molar-refractivity contribution is -0.174. The number of rotatable bonds is 30. The number of anilines is 2. The van der Waals surface area contributed by atoms with Crippen LogP contribution in [0.2, 0.25) is 0 Å². The Morgan fingerprint density at radius 1 is 0.488 bits per heavy atom. The summed E-state index contributed by atoms with van der Waals surface area (Å²) in [5.41, 5.74) is 3.39. The Morgan fingerprint density at radius 2 is 0.829 bits per heavy atom. The van der Waals surface area contributed by atoms with Crippen molar-refractivity contribution in [3.63, 3.8) is 0 Å². The van der Waals surface area contributed by atoms with Crippen LogP contribution in [-0.2, 0) is 84.4 Å². The maximum Gasteiger partial charge on any atom is 0.346 e. The summed E-state index contributed by atoms with van der Waals surface area (Å²) in [6.45, 7) is 8.16. The maximum atomic E-state index is 14.8. The molecule has 1 N–H and O–H groups in total. The lowest BCUT2D eigenvalue weighted by Crippen LogP contribution is -2.53. The van der Waals surface area contributed by atoms with Gasteiger partial charge in [0.2, 0.25) is 0 Å². The summed E-state index contributed by atoms with van der Waals surface area (Å²) in [5, 5.41) is 3.06. The summed E-state index contributed by atoms with van der Waals surface area (Å²) in [4.78, 5) is 121. The van der Waals surface area contributed by atoms with Crippen molar-refractivity contribution in [2.75, 3.05) is 97.7 Å². The Hall–Kier alpha value is -6.32. The fourth-order valence-corrected chi connectivity index (χ4v) is 10.8. The molecule has 2 heterocycles. The van der Waals surface area contributed by atoms with Gasteiger partial charge < -0.3 is 63.0 Å². The Kier molecular flexibility index (Phi) is 21.7. The standard InChI is InChI=1S/C61H86N6O15/c1-38(79-59(73)49(33-41-10-11-41)64(5)55(69)52(81-58(72)48(62-3)32-40-8-9-40)36-44-16-20-46(21-17-44)66-24-28-77-29-25-66)54(68)63(4)51(35-43-14-15-43)61(75)82-53(37-45-18-22-47(23-19-45)67-26-30-78-31-27-67)56(70)65(6)50(34-42-12-13-42)60(74)80-39(2)57(71)76-7/h16-23,38-43,48-53,62H,8-15,24-37H2,1-7H3/t38-,39-,48+,49+,50+,51+,52-,53-/m1/s1. The van der Waals surface area contributed by atoms with Gasteiger partial charge in [0.05, 0.1) is 33.5 Å². The van der Waals surface area contributed by atoms with Gasteiger partial charge in [0.1, 0.15) is 24.2 Å². The Labute approximate surface area is 482 Å². The van der Waals surface area contributed by atoms with E-state index in [9.17, 15) is 38.4 Å².